The second-order valence-corrected chi connectivity index (χ2v) is 8.30. The van der Waals surface area contributed by atoms with Gasteiger partial charge in [0, 0.05) is 24.3 Å². The number of pyridine rings is 1. The normalized spacial score (nSPS) is 15.6. The molecule has 0 atom stereocenters. The number of benzene rings is 1. The number of carbonyl (C=O) groups is 1. The van der Waals surface area contributed by atoms with Crippen LogP contribution in [0.5, 0.6) is 0 Å². The minimum Gasteiger partial charge on any atom is -0.468 e. The molecule has 0 bridgehead atoms. The number of thioether (sulfide) groups is 1. The Bertz CT molecular complexity index is 1270. The molecule has 1 aliphatic rings. The van der Waals surface area contributed by atoms with Gasteiger partial charge in [-0.1, -0.05) is 11.8 Å². The number of thiazole rings is 1. The van der Waals surface area contributed by atoms with Crippen molar-refractivity contribution in [3.05, 3.63) is 73.7 Å². The topological polar surface area (TPSA) is 64.4 Å². The number of nitrogens with zero attached hydrogens (tertiary/aromatic N) is 3. The highest BCUT2D eigenvalue weighted by atomic mass is 32.2. The molecule has 0 radical (unpaired) electrons. The first-order valence-electron chi connectivity index (χ1n) is 8.61. The summed E-state index contributed by atoms with van der Waals surface area (Å²) in [5.41, 5.74) is 1.40. The van der Waals surface area contributed by atoms with E-state index in [2.05, 4.69) is 4.98 Å². The van der Waals surface area contributed by atoms with Crippen LogP contribution in [-0.4, -0.2) is 29.7 Å². The molecule has 2 aromatic heterocycles. The standard InChI is InChI=1S/C20H16FN3O3S2/c1-23-14-4-3-13(21)10-15(14)28-20(23)18-19(26)24(11-17(25)27-2)16(29-18)9-12-5-7-22-8-6-12/h3-10H,11H2,1-2H3/b16-9-,20-18+. The van der Waals surface area contributed by atoms with Gasteiger partial charge in [0.1, 0.15) is 21.9 Å². The maximum Gasteiger partial charge on any atom is 0.325 e. The molecule has 0 saturated heterocycles. The van der Waals surface area contributed by atoms with E-state index in [9.17, 15) is 14.0 Å². The third-order valence-corrected chi connectivity index (χ3v) is 6.88. The number of anilines is 1. The van der Waals surface area contributed by atoms with Crippen molar-refractivity contribution in [2.24, 2.45) is 0 Å². The minimum atomic E-state index is -0.511. The van der Waals surface area contributed by atoms with E-state index in [0.29, 0.717) is 14.2 Å². The molecular formula is C20H16FN3O3S2. The first kappa shape index (κ1) is 19.4. The first-order valence-corrected chi connectivity index (χ1v) is 10.2. The number of halogens is 1. The Morgan fingerprint density at radius 3 is 2.76 bits per heavy atom. The lowest BCUT2D eigenvalue weighted by Gasteiger charge is -2.12. The molecule has 1 aromatic carbocycles. The lowest BCUT2D eigenvalue weighted by molar-refractivity contribution is -0.141. The fourth-order valence-electron chi connectivity index (χ4n) is 2.94. The molecule has 0 spiro atoms. The van der Waals surface area contributed by atoms with Gasteiger partial charge in [-0.3, -0.25) is 19.1 Å². The van der Waals surface area contributed by atoms with Crippen molar-refractivity contribution in [1.29, 1.82) is 0 Å². The number of rotatable bonds is 3. The van der Waals surface area contributed by atoms with Gasteiger partial charge in [-0.25, -0.2) is 4.39 Å². The van der Waals surface area contributed by atoms with Crippen molar-refractivity contribution in [2.75, 3.05) is 19.1 Å². The van der Waals surface area contributed by atoms with Crippen molar-refractivity contribution in [2.45, 2.75) is 11.4 Å². The maximum absolute atomic E-state index is 13.6. The molecule has 0 aliphatic carbocycles. The zero-order chi connectivity index (χ0) is 20.5. The number of fused-ring (bicyclic) bond motifs is 1. The summed E-state index contributed by atoms with van der Waals surface area (Å²) in [6.07, 6.45) is 5.14. The van der Waals surface area contributed by atoms with Crippen LogP contribution in [0.3, 0.4) is 0 Å². The molecule has 148 valence electrons. The van der Waals surface area contributed by atoms with Crippen LogP contribution in [0, 0.1) is 5.82 Å². The molecule has 0 fully saturated rings. The van der Waals surface area contributed by atoms with Crippen LogP contribution in [0.1, 0.15) is 5.56 Å². The van der Waals surface area contributed by atoms with Gasteiger partial charge in [-0.2, -0.15) is 0 Å². The Balaban J connectivity index is 1.93. The van der Waals surface area contributed by atoms with Crippen LogP contribution >= 0.6 is 23.1 Å². The zero-order valence-corrected chi connectivity index (χ0v) is 17.2. The predicted molar refractivity (Wildman–Crippen MR) is 112 cm³/mol. The van der Waals surface area contributed by atoms with Gasteiger partial charge < -0.3 is 9.64 Å². The van der Waals surface area contributed by atoms with E-state index < -0.39 is 5.97 Å². The summed E-state index contributed by atoms with van der Waals surface area (Å²) in [5.74, 6) is -0.837. The van der Waals surface area contributed by atoms with E-state index in [-0.39, 0.29) is 17.9 Å². The van der Waals surface area contributed by atoms with Crippen molar-refractivity contribution in [1.82, 2.24) is 9.55 Å². The number of esters is 1. The van der Waals surface area contributed by atoms with Crippen LogP contribution < -0.4 is 19.7 Å². The highest BCUT2D eigenvalue weighted by Gasteiger charge is 2.25. The number of carbonyl (C=O) groups excluding carboxylic acids is 1. The van der Waals surface area contributed by atoms with E-state index in [1.807, 2.05) is 30.2 Å². The molecular weight excluding hydrogens is 413 g/mol. The molecule has 0 unspecified atom stereocenters. The molecule has 3 aromatic rings. The average Bonchev–Trinajstić information content (AvgIpc) is 3.19. The summed E-state index contributed by atoms with van der Waals surface area (Å²) in [4.78, 5) is 31.7. The second-order valence-electron chi connectivity index (χ2n) is 6.24. The Kier molecular flexibility index (Phi) is 5.25. The molecule has 9 heteroatoms. The number of methoxy groups -OCH3 is 1. The molecule has 0 saturated carbocycles. The van der Waals surface area contributed by atoms with Crippen molar-refractivity contribution in [3.8, 4) is 0 Å². The van der Waals surface area contributed by atoms with E-state index >= 15 is 0 Å². The van der Waals surface area contributed by atoms with Crippen LogP contribution in [0.25, 0.3) is 11.1 Å². The summed E-state index contributed by atoms with van der Waals surface area (Å²) in [6, 6.07) is 8.16. The SMILES string of the molecule is COC(=O)Cn1c(=O)/c(=C2\Sc3cc(F)ccc3N2C)s/c1=C\c1ccncc1. The van der Waals surface area contributed by atoms with Crippen LogP contribution in [0.15, 0.2) is 52.4 Å². The predicted octanol–water partition coefficient (Wildman–Crippen LogP) is 1.75. The zero-order valence-electron chi connectivity index (χ0n) is 15.6. The summed E-state index contributed by atoms with van der Waals surface area (Å²) < 4.78 is 20.9. The largest absolute Gasteiger partial charge is 0.468 e. The van der Waals surface area contributed by atoms with Gasteiger partial charge in [-0.05, 0) is 42.0 Å². The monoisotopic (exact) mass is 429 g/mol. The van der Waals surface area contributed by atoms with Crippen LogP contribution in [0.2, 0.25) is 0 Å². The van der Waals surface area contributed by atoms with Gasteiger partial charge in [-0.15, -0.1) is 11.3 Å². The lowest BCUT2D eigenvalue weighted by atomic mass is 10.3. The Morgan fingerprint density at radius 2 is 2.03 bits per heavy atom. The smallest absolute Gasteiger partial charge is 0.325 e. The van der Waals surface area contributed by atoms with E-state index in [1.54, 1.807) is 18.5 Å². The van der Waals surface area contributed by atoms with Gasteiger partial charge in [0.05, 0.1) is 17.5 Å². The molecule has 6 nitrogen and oxygen atoms in total. The number of aromatic nitrogens is 2. The number of hydrogen-bond acceptors (Lipinski definition) is 7. The van der Waals surface area contributed by atoms with E-state index in [1.165, 1.54) is 46.9 Å². The summed E-state index contributed by atoms with van der Waals surface area (Å²) in [5, 5.41) is 0.702. The molecule has 3 heterocycles. The summed E-state index contributed by atoms with van der Waals surface area (Å²) in [7, 11) is 3.12. The van der Waals surface area contributed by atoms with Gasteiger partial charge in [0.2, 0.25) is 0 Å². The fraction of sp³-hybridized carbons (Fsp3) is 0.150. The molecule has 0 amide bonds. The van der Waals surface area contributed by atoms with Crippen LogP contribution in [0.4, 0.5) is 10.1 Å². The second kappa shape index (κ2) is 7.84. The van der Waals surface area contributed by atoms with Gasteiger partial charge in [0.15, 0.2) is 0 Å². The quantitative estimate of drug-likeness (QED) is 0.591. The average molecular weight is 429 g/mol. The summed E-state index contributed by atoms with van der Waals surface area (Å²) in [6.45, 7) is -0.189. The highest BCUT2D eigenvalue weighted by molar-refractivity contribution is 8.08. The maximum atomic E-state index is 13.6. The Labute approximate surface area is 173 Å². The number of ether oxygens (including phenoxy) is 1. The first-order chi connectivity index (χ1) is 14.0. The molecule has 1 aliphatic heterocycles. The van der Waals surface area contributed by atoms with Gasteiger partial charge in [0.25, 0.3) is 5.56 Å². The molecule has 29 heavy (non-hydrogen) atoms. The summed E-state index contributed by atoms with van der Waals surface area (Å²) >= 11 is 2.62. The van der Waals surface area contributed by atoms with E-state index in [0.717, 1.165) is 16.1 Å². The Morgan fingerprint density at radius 1 is 1.28 bits per heavy atom. The van der Waals surface area contributed by atoms with Crippen molar-refractivity contribution >= 4 is 45.9 Å². The minimum absolute atomic E-state index is 0.189. The Hall–Kier alpha value is -2.91. The third-order valence-electron chi connectivity index (χ3n) is 4.41. The third kappa shape index (κ3) is 3.70. The van der Waals surface area contributed by atoms with Crippen molar-refractivity contribution < 1.29 is 13.9 Å². The van der Waals surface area contributed by atoms with Crippen molar-refractivity contribution in [3.63, 3.8) is 0 Å². The van der Waals surface area contributed by atoms with Crippen LogP contribution in [-0.2, 0) is 16.1 Å². The molecule has 0 N–H and O–H groups in total. The fourth-order valence-corrected chi connectivity index (χ4v) is 5.38. The molecule has 4 rings (SSSR count). The lowest BCUT2D eigenvalue weighted by Crippen LogP contribution is -2.36. The highest BCUT2D eigenvalue weighted by Crippen LogP contribution is 2.45. The van der Waals surface area contributed by atoms with E-state index in [4.69, 9.17) is 4.74 Å². The van der Waals surface area contributed by atoms with Gasteiger partial charge >= 0.3 is 5.97 Å². The number of hydrogen-bond donors (Lipinski definition) is 0.